The van der Waals surface area contributed by atoms with Gasteiger partial charge >= 0.3 is 0 Å². The highest BCUT2D eigenvalue weighted by molar-refractivity contribution is 6.03. The molecule has 2 heterocycles. The van der Waals surface area contributed by atoms with Crippen LogP contribution in [0.3, 0.4) is 0 Å². The average Bonchev–Trinajstić information content (AvgIpc) is 3.18. The monoisotopic (exact) mass is 388 g/mol. The number of benzene rings is 2. The maximum absolute atomic E-state index is 9.33. The topological polar surface area (TPSA) is 68.4 Å². The summed E-state index contributed by atoms with van der Waals surface area (Å²) in [4.78, 5) is 8.71. The van der Waals surface area contributed by atoms with E-state index >= 15 is 0 Å². The Morgan fingerprint density at radius 3 is 2.45 bits per heavy atom. The van der Waals surface area contributed by atoms with Gasteiger partial charge in [-0.1, -0.05) is 68.4 Å². The summed E-state index contributed by atoms with van der Waals surface area (Å²) >= 11 is 0. The highest BCUT2D eigenvalue weighted by Crippen LogP contribution is 2.43. The lowest BCUT2D eigenvalue weighted by Crippen LogP contribution is -2.13. The Hall–Kier alpha value is -3.18. The van der Waals surface area contributed by atoms with E-state index < -0.39 is 0 Å². The van der Waals surface area contributed by atoms with Crippen molar-refractivity contribution in [2.45, 2.75) is 20.3 Å². The molecule has 1 N–H and O–H groups in total. The second-order valence-electron chi connectivity index (χ2n) is 7.18. The van der Waals surface area contributed by atoms with Crippen LogP contribution in [-0.2, 0) is 6.42 Å². The minimum atomic E-state index is 0.00722. The molecular weight excluding hydrogens is 364 g/mol. The van der Waals surface area contributed by atoms with Crippen molar-refractivity contribution in [1.29, 1.82) is 0 Å². The number of rotatable bonds is 7. The Kier molecular flexibility index (Phi) is 5.58. The van der Waals surface area contributed by atoms with Crippen molar-refractivity contribution >= 4 is 11.1 Å². The van der Waals surface area contributed by atoms with E-state index in [1.807, 2.05) is 37.3 Å². The number of aliphatic hydroxyl groups excluding tert-OH is 1. The molecule has 4 rings (SSSR count). The van der Waals surface area contributed by atoms with Crippen LogP contribution in [0.1, 0.15) is 19.4 Å². The van der Waals surface area contributed by atoms with Crippen molar-refractivity contribution < 1.29 is 14.3 Å². The minimum absolute atomic E-state index is 0.00722. The summed E-state index contributed by atoms with van der Waals surface area (Å²) in [6.07, 6.45) is 2.43. The molecule has 5 nitrogen and oxygen atoms in total. The van der Waals surface area contributed by atoms with Gasteiger partial charge in [0, 0.05) is 23.7 Å². The molecule has 4 aromatic rings. The molecule has 2 aromatic carbocycles. The average molecular weight is 388 g/mol. The van der Waals surface area contributed by atoms with Crippen LogP contribution in [0.15, 0.2) is 65.3 Å². The minimum Gasteiger partial charge on any atom is -0.477 e. The summed E-state index contributed by atoms with van der Waals surface area (Å²) in [6, 6.07) is 18.4. The number of hydrogen-bond acceptors (Lipinski definition) is 5. The van der Waals surface area contributed by atoms with Crippen molar-refractivity contribution in [3.05, 3.63) is 66.5 Å². The molecule has 0 aliphatic carbocycles. The second-order valence-corrected chi connectivity index (χ2v) is 7.18. The van der Waals surface area contributed by atoms with E-state index in [9.17, 15) is 5.11 Å². The highest BCUT2D eigenvalue weighted by atomic mass is 16.5. The number of hydrogen-bond donors (Lipinski definition) is 1. The molecular formula is C24H24N2O3. The van der Waals surface area contributed by atoms with Crippen LogP contribution in [0.2, 0.25) is 0 Å². The van der Waals surface area contributed by atoms with Crippen molar-refractivity contribution in [3.8, 4) is 28.3 Å². The largest absolute Gasteiger partial charge is 0.477 e. The summed E-state index contributed by atoms with van der Waals surface area (Å²) in [5.41, 5.74) is 4.66. The van der Waals surface area contributed by atoms with E-state index in [4.69, 9.17) is 9.15 Å². The maximum atomic E-state index is 9.33. The molecule has 0 saturated carbocycles. The van der Waals surface area contributed by atoms with E-state index in [-0.39, 0.29) is 12.5 Å². The molecule has 0 amide bonds. The predicted octanol–water partition coefficient (Wildman–Crippen LogP) is 5.13. The highest BCUT2D eigenvalue weighted by Gasteiger charge is 2.23. The number of aryl methyl sites for hydroxylation is 1. The predicted molar refractivity (Wildman–Crippen MR) is 114 cm³/mol. The normalized spacial score (nSPS) is 12.2. The van der Waals surface area contributed by atoms with Crippen molar-refractivity contribution in [2.75, 3.05) is 13.2 Å². The lowest BCUT2D eigenvalue weighted by molar-refractivity contribution is 0.172. The first-order valence-electron chi connectivity index (χ1n) is 9.87. The fraction of sp³-hybridized carbons (Fsp3) is 0.250. The third-order valence-corrected chi connectivity index (χ3v) is 4.96. The van der Waals surface area contributed by atoms with Gasteiger partial charge in [0.1, 0.15) is 17.5 Å². The number of aromatic nitrogens is 2. The number of aliphatic hydroxyl groups is 1. The number of fused-ring (bicyclic) bond motifs is 1. The van der Waals surface area contributed by atoms with Crippen LogP contribution in [0.4, 0.5) is 0 Å². The van der Waals surface area contributed by atoms with Gasteiger partial charge in [0.2, 0.25) is 11.6 Å². The van der Waals surface area contributed by atoms with E-state index in [2.05, 4.69) is 41.2 Å². The molecule has 2 aromatic heterocycles. The Morgan fingerprint density at radius 2 is 1.76 bits per heavy atom. The molecule has 0 bridgehead atoms. The third-order valence-electron chi connectivity index (χ3n) is 4.96. The van der Waals surface area contributed by atoms with Crippen LogP contribution < -0.4 is 4.74 Å². The number of nitrogens with zero attached hydrogens (tertiary/aromatic N) is 2. The summed E-state index contributed by atoms with van der Waals surface area (Å²) in [5, 5.41) is 10.1. The number of furan rings is 1. The Bertz CT molecular complexity index is 1090. The van der Waals surface area contributed by atoms with E-state index in [1.54, 1.807) is 0 Å². The van der Waals surface area contributed by atoms with Gasteiger partial charge in [-0.15, -0.1) is 0 Å². The zero-order valence-corrected chi connectivity index (χ0v) is 16.6. The van der Waals surface area contributed by atoms with E-state index in [0.717, 1.165) is 34.3 Å². The molecule has 0 radical (unpaired) electrons. The molecule has 0 aliphatic heterocycles. The zero-order valence-electron chi connectivity index (χ0n) is 16.6. The first-order valence-corrected chi connectivity index (χ1v) is 9.87. The van der Waals surface area contributed by atoms with Gasteiger partial charge in [0.15, 0.2) is 0 Å². The van der Waals surface area contributed by atoms with Gasteiger partial charge < -0.3 is 14.3 Å². The first kappa shape index (κ1) is 19.2. The van der Waals surface area contributed by atoms with Crippen LogP contribution in [0.5, 0.6) is 5.88 Å². The van der Waals surface area contributed by atoms with Gasteiger partial charge in [-0.05, 0) is 17.5 Å². The standard InChI is InChI=1S/C24H24N2O3/c1-3-17-9-11-18(12-10-17)20-21-23(28-14-16(2)13-27)25-15-26-24(21)29-22(20)19-7-5-4-6-8-19/h4-12,15-16,27H,3,13-14H2,1-2H3/t16-/m0/s1. The fourth-order valence-electron chi connectivity index (χ4n) is 3.27. The van der Waals surface area contributed by atoms with Crippen LogP contribution in [0.25, 0.3) is 33.6 Å². The molecule has 1 atom stereocenters. The van der Waals surface area contributed by atoms with Gasteiger partial charge in [-0.25, -0.2) is 9.97 Å². The van der Waals surface area contributed by atoms with Crippen LogP contribution in [-0.4, -0.2) is 28.3 Å². The SMILES string of the molecule is CCc1ccc(-c2c(-c3ccccc3)oc3ncnc(OC[C@@H](C)CO)c23)cc1. The second kappa shape index (κ2) is 8.45. The van der Waals surface area contributed by atoms with E-state index in [0.29, 0.717) is 18.2 Å². The van der Waals surface area contributed by atoms with Crippen LogP contribution in [0, 0.1) is 5.92 Å². The Labute approximate surface area is 170 Å². The lowest BCUT2D eigenvalue weighted by Gasteiger charge is -2.11. The Balaban J connectivity index is 1.92. The number of ether oxygens (including phenoxy) is 1. The first-order chi connectivity index (χ1) is 14.2. The molecule has 0 unspecified atom stereocenters. The maximum Gasteiger partial charge on any atom is 0.234 e. The van der Waals surface area contributed by atoms with Crippen molar-refractivity contribution in [1.82, 2.24) is 9.97 Å². The van der Waals surface area contributed by atoms with Gasteiger partial charge in [-0.3, -0.25) is 0 Å². The molecule has 0 aliphatic rings. The zero-order chi connectivity index (χ0) is 20.2. The molecule has 148 valence electrons. The van der Waals surface area contributed by atoms with Gasteiger partial charge in [0.25, 0.3) is 0 Å². The summed E-state index contributed by atoms with van der Waals surface area (Å²) in [7, 11) is 0. The molecule has 29 heavy (non-hydrogen) atoms. The molecule has 0 fully saturated rings. The molecule has 0 spiro atoms. The van der Waals surface area contributed by atoms with Crippen molar-refractivity contribution in [2.24, 2.45) is 5.92 Å². The lowest BCUT2D eigenvalue weighted by atomic mass is 9.98. The summed E-state index contributed by atoms with van der Waals surface area (Å²) in [5.74, 6) is 1.22. The molecule has 5 heteroatoms. The fourth-order valence-corrected chi connectivity index (χ4v) is 3.27. The van der Waals surface area contributed by atoms with Crippen LogP contribution >= 0.6 is 0 Å². The van der Waals surface area contributed by atoms with Gasteiger partial charge in [-0.2, -0.15) is 0 Å². The Morgan fingerprint density at radius 1 is 1.00 bits per heavy atom. The quantitative estimate of drug-likeness (QED) is 0.475. The summed E-state index contributed by atoms with van der Waals surface area (Å²) < 4.78 is 12.1. The third kappa shape index (κ3) is 3.87. The van der Waals surface area contributed by atoms with Crippen molar-refractivity contribution in [3.63, 3.8) is 0 Å². The smallest absolute Gasteiger partial charge is 0.234 e. The van der Waals surface area contributed by atoms with Gasteiger partial charge in [0.05, 0.1) is 6.61 Å². The summed E-state index contributed by atoms with van der Waals surface area (Å²) in [6.45, 7) is 4.48. The van der Waals surface area contributed by atoms with E-state index in [1.165, 1.54) is 11.9 Å². The molecule has 0 saturated heterocycles.